The molecule has 5 nitrogen and oxygen atoms in total. The SMILES string of the molecule is C=C1CC(CC)(CNC2=C(N)C=C(c3cc(Cl)ccc3F)NN2C)CO1. The summed E-state index contributed by atoms with van der Waals surface area (Å²) in [4.78, 5) is 0. The fraction of sp³-hybridized carbons (Fsp3) is 0.368. The summed E-state index contributed by atoms with van der Waals surface area (Å²) in [7, 11) is 1.83. The van der Waals surface area contributed by atoms with Crippen LogP contribution in [0.15, 0.2) is 48.1 Å². The molecule has 2 heterocycles. The Kier molecular flexibility index (Phi) is 5.05. The van der Waals surface area contributed by atoms with Gasteiger partial charge in [0.2, 0.25) is 0 Å². The van der Waals surface area contributed by atoms with Crippen molar-refractivity contribution in [3.8, 4) is 0 Å². The maximum absolute atomic E-state index is 14.1. The zero-order valence-corrected chi connectivity index (χ0v) is 15.8. The van der Waals surface area contributed by atoms with Crippen LogP contribution in [0.1, 0.15) is 25.3 Å². The summed E-state index contributed by atoms with van der Waals surface area (Å²) in [5.41, 5.74) is 10.8. The second-order valence-corrected chi connectivity index (χ2v) is 7.30. The lowest BCUT2D eigenvalue weighted by atomic mass is 9.84. The highest BCUT2D eigenvalue weighted by molar-refractivity contribution is 6.30. The van der Waals surface area contributed by atoms with Gasteiger partial charge in [-0.1, -0.05) is 25.1 Å². The van der Waals surface area contributed by atoms with Crippen LogP contribution >= 0.6 is 11.6 Å². The quantitative estimate of drug-likeness (QED) is 0.733. The van der Waals surface area contributed by atoms with Crippen LogP contribution in [-0.2, 0) is 4.74 Å². The highest BCUT2D eigenvalue weighted by Gasteiger charge is 2.36. The highest BCUT2D eigenvalue weighted by Crippen LogP contribution is 2.37. The monoisotopic (exact) mass is 378 g/mol. The molecule has 1 fully saturated rings. The number of hydrogen-bond acceptors (Lipinski definition) is 5. The molecule has 7 heteroatoms. The molecule has 0 amide bonds. The van der Waals surface area contributed by atoms with E-state index in [4.69, 9.17) is 22.1 Å². The summed E-state index contributed by atoms with van der Waals surface area (Å²) >= 11 is 5.99. The van der Waals surface area contributed by atoms with Crippen molar-refractivity contribution in [3.05, 3.63) is 64.5 Å². The van der Waals surface area contributed by atoms with Crippen LogP contribution in [0, 0.1) is 11.2 Å². The summed E-state index contributed by atoms with van der Waals surface area (Å²) in [5.74, 6) is 1.20. The Morgan fingerprint density at radius 2 is 2.27 bits per heavy atom. The second-order valence-electron chi connectivity index (χ2n) is 6.87. The lowest BCUT2D eigenvalue weighted by molar-refractivity contribution is 0.171. The van der Waals surface area contributed by atoms with E-state index in [2.05, 4.69) is 24.2 Å². The third-order valence-corrected chi connectivity index (χ3v) is 5.19. The van der Waals surface area contributed by atoms with Gasteiger partial charge in [0.15, 0.2) is 0 Å². The van der Waals surface area contributed by atoms with Crippen molar-refractivity contribution in [2.45, 2.75) is 19.8 Å². The molecule has 2 aliphatic rings. The smallest absolute Gasteiger partial charge is 0.144 e. The number of rotatable bonds is 5. The van der Waals surface area contributed by atoms with E-state index in [1.165, 1.54) is 12.1 Å². The highest BCUT2D eigenvalue weighted by atomic mass is 35.5. The summed E-state index contributed by atoms with van der Waals surface area (Å²) < 4.78 is 19.7. The van der Waals surface area contributed by atoms with Gasteiger partial charge in [-0.3, -0.25) is 10.4 Å². The summed E-state index contributed by atoms with van der Waals surface area (Å²) in [5, 5.41) is 5.62. The lowest BCUT2D eigenvalue weighted by Gasteiger charge is -2.34. The normalized spacial score (nSPS) is 22.8. The fourth-order valence-electron chi connectivity index (χ4n) is 3.26. The van der Waals surface area contributed by atoms with Gasteiger partial charge in [-0.15, -0.1) is 0 Å². The Morgan fingerprint density at radius 3 is 2.88 bits per heavy atom. The predicted octanol–water partition coefficient (Wildman–Crippen LogP) is 3.32. The maximum Gasteiger partial charge on any atom is 0.144 e. The van der Waals surface area contributed by atoms with E-state index in [0.717, 1.165) is 24.4 Å². The van der Waals surface area contributed by atoms with Crippen molar-refractivity contribution >= 4 is 17.3 Å². The van der Waals surface area contributed by atoms with E-state index in [1.54, 1.807) is 17.2 Å². The molecule has 1 saturated heterocycles. The molecule has 26 heavy (non-hydrogen) atoms. The first-order valence-corrected chi connectivity index (χ1v) is 8.93. The number of hydrazine groups is 1. The van der Waals surface area contributed by atoms with E-state index in [1.807, 2.05) is 7.05 Å². The largest absolute Gasteiger partial charge is 0.498 e. The van der Waals surface area contributed by atoms with Crippen molar-refractivity contribution in [3.63, 3.8) is 0 Å². The molecule has 4 N–H and O–H groups in total. The number of nitrogens with two attached hydrogens (primary N) is 1. The molecule has 140 valence electrons. The molecular formula is C19H24ClFN4O. The fourth-order valence-corrected chi connectivity index (χ4v) is 3.43. The molecule has 1 aromatic carbocycles. The molecule has 0 bridgehead atoms. The Morgan fingerprint density at radius 1 is 1.50 bits per heavy atom. The van der Waals surface area contributed by atoms with Gasteiger partial charge in [-0.05, 0) is 30.7 Å². The first kappa shape index (κ1) is 18.5. The van der Waals surface area contributed by atoms with E-state index >= 15 is 0 Å². The number of allylic oxidation sites excluding steroid dienone is 2. The first-order valence-electron chi connectivity index (χ1n) is 8.55. The standard InChI is InChI=1S/C19H24ClFN4O/c1-4-19(9-12(2)26-11-19)10-23-18-16(22)8-17(24-25(18)3)14-7-13(20)5-6-15(14)21/h5-8,23-24H,2,4,9-11,22H2,1,3H3. The Hall–Kier alpha value is -2.34. The zero-order chi connectivity index (χ0) is 18.9. The van der Waals surface area contributed by atoms with Crippen LogP contribution in [0.2, 0.25) is 5.02 Å². The van der Waals surface area contributed by atoms with Crippen LogP contribution in [0.3, 0.4) is 0 Å². The average Bonchev–Trinajstić information content (AvgIpc) is 2.98. The van der Waals surface area contributed by atoms with Gasteiger partial charge in [-0.25, -0.2) is 4.39 Å². The van der Waals surface area contributed by atoms with Gasteiger partial charge >= 0.3 is 0 Å². The van der Waals surface area contributed by atoms with Gasteiger partial charge < -0.3 is 15.8 Å². The third-order valence-electron chi connectivity index (χ3n) is 4.95. The van der Waals surface area contributed by atoms with E-state index in [0.29, 0.717) is 35.1 Å². The topological polar surface area (TPSA) is 62.5 Å². The minimum Gasteiger partial charge on any atom is -0.498 e. The zero-order valence-electron chi connectivity index (χ0n) is 15.0. The molecule has 1 aromatic rings. The molecule has 0 aliphatic carbocycles. The molecule has 2 aliphatic heterocycles. The maximum atomic E-state index is 14.1. The van der Waals surface area contributed by atoms with Gasteiger partial charge in [0, 0.05) is 36.0 Å². The first-order chi connectivity index (χ1) is 12.3. The number of nitrogens with zero attached hydrogens (tertiary/aromatic N) is 1. The number of hydrogen-bond donors (Lipinski definition) is 3. The van der Waals surface area contributed by atoms with E-state index in [9.17, 15) is 4.39 Å². The van der Waals surface area contributed by atoms with Crippen LogP contribution in [0.5, 0.6) is 0 Å². The van der Waals surface area contributed by atoms with Crippen molar-refractivity contribution in [1.82, 2.24) is 15.8 Å². The Labute approximate surface area is 158 Å². The Bertz CT molecular complexity index is 792. The number of nitrogens with one attached hydrogen (secondary N) is 2. The van der Waals surface area contributed by atoms with Crippen molar-refractivity contribution in [1.29, 1.82) is 0 Å². The summed E-state index contributed by atoms with van der Waals surface area (Å²) in [6, 6.07) is 4.43. The molecule has 3 rings (SSSR count). The van der Waals surface area contributed by atoms with Gasteiger partial charge in [-0.2, -0.15) is 0 Å². The molecular weight excluding hydrogens is 355 g/mol. The van der Waals surface area contributed by atoms with Crippen molar-refractivity contribution in [2.75, 3.05) is 20.2 Å². The summed E-state index contributed by atoms with van der Waals surface area (Å²) in [6.45, 7) is 7.41. The molecule has 1 unspecified atom stereocenters. The van der Waals surface area contributed by atoms with Crippen molar-refractivity contribution in [2.24, 2.45) is 11.1 Å². The average molecular weight is 379 g/mol. The molecule has 1 atom stereocenters. The van der Waals surface area contributed by atoms with Crippen LogP contribution in [-0.4, -0.2) is 25.2 Å². The third kappa shape index (κ3) is 3.60. The van der Waals surface area contributed by atoms with Gasteiger partial charge in [0.05, 0.1) is 23.8 Å². The van der Waals surface area contributed by atoms with E-state index in [-0.39, 0.29) is 11.2 Å². The summed E-state index contributed by atoms with van der Waals surface area (Å²) in [6.07, 6.45) is 3.51. The van der Waals surface area contributed by atoms with Crippen LogP contribution in [0.25, 0.3) is 5.70 Å². The van der Waals surface area contributed by atoms with Gasteiger partial charge in [0.1, 0.15) is 11.6 Å². The molecule has 0 aromatic heterocycles. The minimum absolute atomic E-state index is 0.00819. The number of benzene rings is 1. The van der Waals surface area contributed by atoms with E-state index < -0.39 is 0 Å². The molecule has 0 radical (unpaired) electrons. The van der Waals surface area contributed by atoms with Crippen LogP contribution in [0.4, 0.5) is 4.39 Å². The molecule has 0 spiro atoms. The van der Waals surface area contributed by atoms with Crippen molar-refractivity contribution < 1.29 is 9.13 Å². The predicted molar refractivity (Wildman–Crippen MR) is 102 cm³/mol. The van der Waals surface area contributed by atoms with Gasteiger partial charge in [0.25, 0.3) is 0 Å². The lowest BCUT2D eigenvalue weighted by Crippen LogP contribution is -2.45. The number of halogens is 2. The molecule has 0 saturated carbocycles. The second kappa shape index (κ2) is 7.11. The number of ether oxygens (including phenoxy) is 1. The van der Waals surface area contributed by atoms with Crippen LogP contribution < -0.4 is 16.5 Å². The Balaban J connectivity index is 1.81. The minimum atomic E-state index is -0.364.